The molecule has 27 heavy (non-hydrogen) atoms. The van der Waals surface area contributed by atoms with Gasteiger partial charge >= 0.3 is 0 Å². The van der Waals surface area contributed by atoms with Crippen LogP contribution in [0.3, 0.4) is 0 Å². The number of rotatable bonds is 10. The van der Waals surface area contributed by atoms with E-state index in [1.165, 1.54) is 25.7 Å². The second kappa shape index (κ2) is 14.0. The highest BCUT2D eigenvalue weighted by Crippen LogP contribution is 2.40. The van der Waals surface area contributed by atoms with E-state index in [4.69, 9.17) is 9.47 Å². The molecule has 0 amide bonds. The summed E-state index contributed by atoms with van der Waals surface area (Å²) in [6.07, 6.45) is 6.44. The number of hydrogen-bond donors (Lipinski definition) is 2. The van der Waals surface area contributed by atoms with Crippen molar-refractivity contribution in [1.82, 2.24) is 15.5 Å². The van der Waals surface area contributed by atoms with E-state index in [1.807, 2.05) is 7.05 Å². The van der Waals surface area contributed by atoms with Crippen LogP contribution >= 0.6 is 24.0 Å². The number of morpholine rings is 1. The molecular weight excluding hydrogens is 455 g/mol. The quantitative estimate of drug-likeness (QED) is 0.211. The zero-order chi connectivity index (χ0) is 18.7. The molecule has 1 saturated carbocycles. The number of nitrogens with one attached hydrogen (secondary N) is 2. The molecule has 2 fully saturated rings. The first-order chi connectivity index (χ1) is 12.7. The number of halogens is 1. The van der Waals surface area contributed by atoms with Crippen molar-refractivity contribution in [2.45, 2.75) is 46.0 Å². The third-order valence-electron chi connectivity index (χ3n) is 5.79. The summed E-state index contributed by atoms with van der Waals surface area (Å²) >= 11 is 0. The fourth-order valence-corrected chi connectivity index (χ4v) is 4.12. The fraction of sp³-hybridized carbons (Fsp3) is 0.950. The van der Waals surface area contributed by atoms with Crippen molar-refractivity contribution >= 4 is 29.9 Å². The average molecular weight is 496 g/mol. The first-order valence-corrected chi connectivity index (χ1v) is 10.5. The van der Waals surface area contributed by atoms with Gasteiger partial charge in [0.05, 0.1) is 13.2 Å². The molecular formula is C20H41IN4O2. The van der Waals surface area contributed by atoms with Crippen LogP contribution in [0.4, 0.5) is 0 Å². The molecule has 1 aliphatic heterocycles. The molecule has 1 atom stereocenters. The fourth-order valence-electron chi connectivity index (χ4n) is 4.12. The Labute approximate surface area is 183 Å². The maximum Gasteiger partial charge on any atom is 0.191 e. The molecule has 7 heteroatoms. The number of nitrogens with zero attached hydrogens (tertiary/aromatic N) is 2. The second-order valence-corrected chi connectivity index (χ2v) is 7.98. The molecule has 1 heterocycles. The normalized spacial score (nSPS) is 21.5. The van der Waals surface area contributed by atoms with Crippen molar-refractivity contribution in [3.05, 3.63) is 0 Å². The summed E-state index contributed by atoms with van der Waals surface area (Å²) in [7, 11) is 1.86. The molecule has 6 nitrogen and oxygen atoms in total. The number of aliphatic imine (C=N–C) groups is 1. The Morgan fingerprint density at radius 2 is 1.93 bits per heavy atom. The summed E-state index contributed by atoms with van der Waals surface area (Å²) in [5, 5.41) is 7.10. The van der Waals surface area contributed by atoms with E-state index in [1.54, 1.807) is 0 Å². The van der Waals surface area contributed by atoms with Gasteiger partial charge in [0.15, 0.2) is 5.96 Å². The summed E-state index contributed by atoms with van der Waals surface area (Å²) in [5.41, 5.74) is 0.381. The van der Waals surface area contributed by atoms with Crippen LogP contribution in [0, 0.1) is 11.3 Å². The smallest absolute Gasteiger partial charge is 0.191 e. The van der Waals surface area contributed by atoms with Crippen LogP contribution in [0.25, 0.3) is 0 Å². The van der Waals surface area contributed by atoms with Crippen LogP contribution in [0.5, 0.6) is 0 Å². The molecule has 0 radical (unpaired) electrons. The summed E-state index contributed by atoms with van der Waals surface area (Å²) in [6, 6.07) is 0. The van der Waals surface area contributed by atoms with E-state index < -0.39 is 0 Å². The molecule has 1 unspecified atom stereocenters. The number of hydrogen-bond acceptors (Lipinski definition) is 4. The lowest BCUT2D eigenvalue weighted by atomic mass is 9.83. The molecule has 1 aliphatic carbocycles. The van der Waals surface area contributed by atoms with Crippen molar-refractivity contribution in [2.24, 2.45) is 16.3 Å². The van der Waals surface area contributed by atoms with Gasteiger partial charge in [0.1, 0.15) is 0 Å². The topological polar surface area (TPSA) is 58.1 Å². The minimum absolute atomic E-state index is 0. The van der Waals surface area contributed by atoms with E-state index in [-0.39, 0.29) is 24.0 Å². The van der Waals surface area contributed by atoms with E-state index in [0.29, 0.717) is 11.3 Å². The Kier molecular flexibility index (Phi) is 12.9. The molecule has 0 aromatic rings. The number of ether oxygens (including phenoxy) is 2. The average Bonchev–Trinajstić information content (AvgIpc) is 3.12. The Morgan fingerprint density at radius 3 is 2.56 bits per heavy atom. The van der Waals surface area contributed by atoms with Gasteiger partial charge in [-0.2, -0.15) is 0 Å². The van der Waals surface area contributed by atoms with Crippen molar-refractivity contribution < 1.29 is 9.47 Å². The summed E-state index contributed by atoms with van der Waals surface area (Å²) in [4.78, 5) is 6.92. The zero-order valence-electron chi connectivity index (χ0n) is 17.6. The molecule has 160 valence electrons. The van der Waals surface area contributed by atoms with Crippen molar-refractivity contribution in [2.75, 3.05) is 66.2 Å². The lowest BCUT2D eigenvalue weighted by Crippen LogP contribution is -2.46. The maximum absolute atomic E-state index is 5.62. The van der Waals surface area contributed by atoms with E-state index in [9.17, 15) is 0 Å². The van der Waals surface area contributed by atoms with Gasteiger partial charge in [-0.05, 0) is 37.5 Å². The summed E-state index contributed by atoms with van der Waals surface area (Å²) < 4.78 is 11.0. The molecule has 0 aromatic heterocycles. The molecule has 1 saturated heterocycles. The van der Waals surface area contributed by atoms with Gasteiger partial charge in [-0.3, -0.25) is 9.89 Å². The Balaban J connectivity index is 0.00000364. The molecule has 0 aromatic carbocycles. The van der Waals surface area contributed by atoms with Gasteiger partial charge in [-0.25, -0.2) is 0 Å². The van der Waals surface area contributed by atoms with Crippen molar-refractivity contribution in [3.8, 4) is 0 Å². The third kappa shape index (κ3) is 9.28. The second-order valence-electron chi connectivity index (χ2n) is 7.98. The summed E-state index contributed by atoms with van der Waals surface area (Å²) in [6.45, 7) is 13.0. The van der Waals surface area contributed by atoms with Crippen molar-refractivity contribution in [1.29, 1.82) is 0 Å². The zero-order valence-corrected chi connectivity index (χ0v) is 19.9. The monoisotopic (exact) mass is 496 g/mol. The van der Waals surface area contributed by atoms with Crippen LogP contribution in [-0.4, -0.2) is 77.1 Å². The Morgan fingerprint density at radius 1 is 1.22 bits per heavy atom. The van der Waals surface area contributed by atoms with Gasteiger partial charge in [-0.1, -0.05) is 19.8 Å². The largest absolute Gasteiger partial charge is 0.382 e. The molecule has 2 rings (SSSR count). The van der Waals surface area contributed by atoms with Gasteiger partial charge in [-0.15, -0.1) is 24.0 Å². The maximum atomic E-state index is 5.62. The van der Waals surface area contributed by atoms with Gasteiger partial charge < -0.3 is 20.1 Å². The van der Waals surface area contributed by atoms with Crippen LogP contribution in [0.2, 0.25) is 0 Å². The molecule has 0 bridgehead atoms. The lowest BCUT2D eigenvalue weighted by Gasteiger charge is -2.31. The highest BCUT2D eigenvalue weighted by Gasteiger charge is 2.33. The number of guanidine groups is 1. The predicted molar refractivity (Wildman–Crippen MR) is 123 cm³/mol. The van der Waals surface area contributed by atoms with E-state index >= 15 is 0 Å². The lowest BCUT2D eigenvalue weighted by molar-refractivity contribution is 0.0320. The predicted octanol–water partition coefficient (Wildman–Crippen LogP) is 2.72. The molecule has 2 aliphatic rings. The third-order valence-corrected chi connectivity index (χ3v) is 5.79. The van der Waals surface area contributed by atoms with E-state index in [0.717, 1.165) is 71.5 Å². The summed E-state index contributed by atoms with van der Waals surface area (Å²) in [5.74, 6) is 1.52. The van der Waals surface area contributed by atoms with Crippen molar-refractivity contribution in [3.63, 3.8) is 0 Å². The Bertz CT molecular complexity index is 411. The van der Waals surface area contributed by atoms with Crippen LogP contribution in [-0.2, 0) is 9.47 Å². The van der Waals surface area contributed by atoms with E-state index in [2.05, 4.69) is 34.4 Å². The van der Waals surface area contributed by atoms with Gasteiger partial charge in [0.2, 0.25) is 0 Å². The van der Waals surface area contributed by atoms with Gasteiger partial charge in [0, 0.05) is 53.0 Å². The Hall–Kier alpha value is -0.120. The molecule has 2 N–H and O–H groups in total. The molecule has 0 spiro atoms. The SMILES string of the molecule is CCOCCC1(CNC(=NC)NCC(C)CN2CCOCC2)CCCC1.I. The van der Waals surface area contributed by atoms with Crippen LogP contribution < -0.4 is 10.6 Å². The van der Waals surface area contributed by atoms with Gasteiger partial charge in [0.25, 0.3) is 0 Å². The van der Waals surface area contributed by atoms with Crippen LogP contribution in [0.15, 0.2) is 4.99 Å². The minimum Gasteiger partial charge on any atom is -0.382 e. The van der Waals surface area contributed by atoms with Crippen LogP contribution in [0.1, 0.15) is 46.0 Å². The highest BCUT2D eigenvalue weighted by atomic mass is 127. The first kappa shape index (κ1) is 24.9. The minimum atomic E-state index is 0. The highest BCUT2D eigenvalue weighted by molar-refractivity contribution is 14.0. The standard InChI is InChI=1S/C20H40N4O2.HI/c1-4-25-12-9-20(7-5-6-8-20)17-23-19(21-3)22-15-18(2)16-24-10-13-26-14-11-24;/h18H,4-17H2,1-3H3,(H2,21,22,23);1H. The first-order valence-electron chi connectivity index (χ1n) is 10.5.